The number of sulfonamides is 1. The molecule has 0 radical (unpaired) electrons. The van der Waals surface area contributed by atoms with Crippen LogP contribution in [0.1, 0.15) is 0 Å². The van der Waals surface area contributed by atoms with Crippen molar-refractivity contribution in [2.45, 2.75) is 4.90 Å². The van der Waals surface area contributed by atoms with E-state index >= 15 is 0 Å². The van der Waals surface area contributed by atoms with E-state index in [1.165, 1.54) is 12.5 Å². The van der Waals surface area contributed by atoms with Crippen LogP contribution in [0.5, 0.6) is 0 Å². The molecule has 0 bridgehead atoms. The number of anilines is 1. The molecule has 0 spiro atoms. The van der Waals surface area contributed by atoms with E-state index in [1.54, 1.807) is 12.1 Å². The van der Waals surface area contributed by atoms with Crippen LogP contribution in [0, 0.1) is 5.82 Å². The molecule has 0 amide bonds. The number of halogens is 1. The molecule has 2 heterocycles. The van der Waals surface area contributed by atoms with Crippen LogP contribution in [0.4, 0.5) is 10.1 Å². The third kappa shape index (κ3) is 3.32. The summed E-state index contributed by atoms with van der Waals surface area (Å²) in [5.74, 6) is -0.736. The molecule has 0 saturated heterocycles. The summed E-state index contributed by atoms with van der Waals surface area (Å²) in [6.07, 6.45) is 4.67. The first kappa shape index (κ1) is 15.0. The Kier molecular flexibility index (Phi) is 3.98. The normalized spacial score (nSPS) is 11.2. The van der Waals surface area contributed by atoms with Gasteiger partial charge in [-0.3, -0.25) is 9.71 Å². The van der Waals surface area contributed by atoms with Crippen molar-refractivity contribution < 1.29 is 12.8 Å². The average molecular weight is 330 g/mol. The second-order valence-corrected chi connectivity index (χ2v) is 6.28. The lowest BCUT2D eigenvalue weighted by Crippen LogP contribution is -2.14. The van der Waals surface area contributed by atoms with Gasteiger partial charge in [-0.1, -0.05) is 30.3 Å². The summed E-state index contributed by atoms with van der Waals surface area (Å²) in [4.78, 5) is 11.2. The SMILES string of the molecule is O=S(=O)(Nc1cncnc1-c1ccccc1)c1cncc(F)c1. The monoisotopic (exact) mass is 330 g/mol. The number of nitrogens with zero attached hydrogens (tertiary/aromatic N) is 3. The third-order valence-corrected chi connectivity index (χ3v) is 4.33. The molecule has 0 aliphatic heterocycles. The Morgan fingerprint density at radius 1 is 1.00 bits per heavy atom. The molecule has 6 nitrogen and oxygen atoms in total. The van der Waals surface area contributed by atoms with Crippen molar-refractivity contribution in [3.05, 3.63) is 67.1 Å². The number of pyridine rings is 1. The summed E-state index contributed by atoms with van der Waals surface area (Å²) in [6, 6.07) is 9.94. The molecule has 3 rings (SSSR count). The first-order valence-corrected chi connectivity index (χ1v) is 8.03. The van der Waals surface area contributed by atoms with Crippen molar-refractivity contribution in [3.63, 3.8) is 0 Å². The van der Waals surface area contributed by atoms with E-state index in [-0.39, 0.29) is 10.6 Å². The Labute approximate surface area is 132 Å². The maximum absolute atomic E-state index is 13.2. The molecule has 0 aliphatic carbocycles. The van der Waals surface area contributed by atoms with Crippen LogP contribution in [-0.2, 0) is 10.0 Å². The van der Waals surface area contributed by atoms with Gasteiger partial charge in [-0.15, -0.1) is 0 Å². The minimum Gasteiger partial charge on any atom is -0.276 e. The Morgan fingerprint density at radius 3 is 2.52 bits per heavy atom. The molecule has 0 fully saturated rings. The molecule has 2 aromatic heterocycles. The molecule has 0 saturated carbocycles. The van der Waals surface area contributed by atoms with Gasteiger partial charge >= 0.3 is 0 Å². The average Bonchev–Trinajstić information content (AvgIpc) is 2.56. The standard InChI is InChI=1S/C15H11FN4O2S/c16-12-6-13(8-17-7-12)23(21,22)20-14-9-18-10-19-15(14)11-4-2-1-3-5-11/h1-10,20H. The topological polar surface area (TPSA) is 84.8 Å². The van der Waals surface area contributed by atoms with Crippen LogP contribution in [0.15, 0.2) is 66.2 Å². The molecule has 116 valence electrons. The van der Waals surface area contributed by atoms with E-state index in [2.05, 4.69) is 19.7 Å². The number of hydrogen-bond acceptors (Lipinski definition) is 5. The maximum atomic E-state index is 13.2. The predicted molar refractivity (Wildman–Crippen MR) is 82.5 cm³/mol. The van der Waals surface area contributed by atoms with Crippen molar-refractivity contribution in [1.29, 1.82) is 0 Å². The van der Waals surface area contributed by atoms with E-state index < -0.39 is 15.8 Å². The molecule has 1 aromatic carbocycles. The zero-order chi connectivity index (χ0) is 16.3. The largest absolute Gasteiger partial charge is 0.276 e. The summed E-state index contributed by atoms with van der Waals surface area (Å²) in [5.41, 5.74) is 1.35. The summed E-state index contributed by atoms with van der Waals surface area (Å²) >= 11 is 0. The zero-order valence-corrected chi connectivity index (χ0v) is 12.5. The number of nitrogens with one attached hydrogen (secondary N) is 1. The highest BCUT2D eigenvalue weighted by Gasteiger charge is 2.18. The Balaban J connectivity index is 2.01. The van der Waals surface area contributed by atoms with Gasteiger partial charge in [0.25, 0.3) is 10.0 Å². The Morgan fingerprint density at radius 2 is 1.78 bits per heavy atom. The summed E-state index contributed by atoms with van der Waals surface area (Å²) < 4.78 is 40.3. The van der Waals surface area contributed by atoms with Gasteiger partial charge < -0.3 is 0 Å². The smallest absolute Gasteiger partial charge is 0.263 e. The first-order chi connectivity index (χ1) is 11.1. The first-order valence-electron chi connectivity index (χ1n) is 6.55. The van der Waals surface area contributed by atoms with Crippen LogP contribution in [0.3, 0.4) is 0 Å². The quantitative estimate of drug-likeness (QED) is 0.794. The van der Waals surface area contributed by atoms with Crippen molar-refractivity contribution in [2.75, 3.05) is 4.72 Å². The van der Waals surface area contributed by atoms with Crippen LogP contribution in [0.2, 0.25) is 0 Å². The third-order valence-electron chi connectivity index (χ3n) is 2.99. The fourth-order valence-electron chi connectivity index (χ4n) is 1.97. The second kappa shape index (κ2) is 6.09. The predicted octanol–water partition coefficient (Wildman–Crippen LogP) is 2.48. The minimum atomic E-state index is -4.00. The highest BCUT2D eigenvalue weighted by molar-refractivity contribution is 7.92. The molecular formula is C15H11FN4O2S. The van der Waals surface area contributed by atoms with E-state index in [0.29, 0.717) is 5.69 Å². The summed E-state index contributed by atoms with van der Waals surface area (Å²) in [7, 11) is -4.00. The number of aromatic nitrogens is 3. The van der Waals surface area contributed by atoms with Gasteiger partial charge in [0.05, 0.1) is 23.8 Å². The molecule has 0 unspecified atom stereocenters. The summed E-state index contributed by atoms with van der Waals surface area (Å²) in [6.45, 7) is 0. The van der Waals surface area contributed by atoms with Crippen molar-refractivity contribution in [1.82, 2.24) is 15.0 Å². The van der Waals surface area contributed by atoms with Crippen LogP contribution < -0.4 is 4.72 Å². The van der Waals surface area contributed by atoms with Crippen molar-refractivity contribution in [3.8, 4) is 11.3 Å². The summed E-state index contributed by atoms with van der Waals surface area (Å²) in [5, 5.41) is 0. The molecular weight excluding hydrogens is 319 g/mol. The van der Waals surface area contributed by atoms with Crippen LogP contribution in [0.25, 0.3) is 11.3 Å². The molecule has 23 heavy (non-hydrogen) atoms. The van der Waals surface area contributed by atoms with Gasteiger partial charge in [0.1, 0.15) is 17.0 Å². The lowest BCUT2D eigenvalue weighted by Gasteiger charge is -2.11. The van der Waals surface area contributed by atoms with Gasteiger partial charge in [0, 0.05) is 11.8 Å². The van der Waals surface area contributed by atoms with Gasteiger partial charge in [0.15, 0.2) is 0 Å². The Bertz CT molecular complexity index is 933. The van der Waals surface area contributed by atoms with Crippen LogP contribution >= 0.6 is 0 Å². The Hall–Kier alpha value is -2.87. The zero-order valence-electron chi connectivity index (χ0n) is 11.7. The minimum absolute atomic E-state index is 0.197. The second-order valence-electron chi connectivity index (χ2n) is 4.60. The fraction of sp³-hybridized carbons (Fsp3) is 0. The van der Waals surface area contributed by atoms with Gasteiger partial charge in [-0.25, -0.2) is 22.8 Å². The van der Waals surface area contributed by atoms with Gasteiger partial charge in [-0.05, 0) is 6.07 Å². The molecule has 1 N–H and O–H groups in total. The van der Waals surface area contributed by atoms with Crippen molar-refractivity contribution in [2.24, 2.45) is 0 Å². The molecule has 3 aromatic rings. The lowest BCUT2D eigenvalue weighted by molar-refractivity contribution is 0.592. The van der Waals surface area contributed by atoms with E-state index in [0.717, 1.165) is 24.0 Å². The van der Waals surface area contributed by atoms with Crippen LogP contribution in [-0.4, -0.2) is 23.4 Å². The lowest BCUT2D eigenvalue weighted by atomic mass is 10.1. The number of hydrogen-bond donors (Lipinski definition) is 1. The molecule has 0 atom stereocenters. The highest BCUT2D eigenvalue weighted by Crippen LogP contribution is 2.26. The fourth-order valence-corrected chi connectivity index (χ4v) is 3.00. The van der Waals surface area contributed by atoms with E-state index in [9.17, 15) is 12.8 Å². The number of benzene rings is 1. The molecule has 8 heteroatoms. The van der Waals surface area contributed by atoms with Gasteiger partial charge in [0.2, 0.25) is 0 Å². The van der Waals surface area contributed by atoms with E-state index in [4.69, 9.17) is 0 Å². The van der Waals surface area contributed by atoms with Gasteiger partial charge in [-0.2, -0.15) is 0 Å². The maximum Gasteiger partial charge on any atom is 0.263 e. The van der Waals surface area contributed by atoms with Crippen molar-refractivity contribution >= 4 is 15.7 Å². The van der Waals surface area contributed by atoms with E-state index in [1.807, 2.05) is 18.2 Å². The molecule has 0 aliphatic rings. The highest BCUT2D eigenvalue weighted by atomic mass is 32.2. The number of rotatable bonds is 4.